The third-order valence-corrected chi connectivity index (χ3v) is 3.47. The van der Waals surface area contributed by atoms with Crippen molar-refractivity contribution in [2.45, 2.75) is 39.3 Å². The maximum absolute atomic E-state index is 12.4. The van der Waals surface area contributed by atoms with Crippen LogP contribution in [0.5, 0.6) is 0 Å². The molecule has 120 valence electrons. The molecule has 22 heavy (non-hydrogen) atoms. The molecule has 0 saturated heterocycles. The molecule has 1 atom stereocenters. The van der Waals surface area contributed by atoms with Crippen LogP contribution in [0.3, 0.4) is 0 Å². The molecule has 2 heterocycles. The predicted octanol–water partition coefficient (Wildman–Crippen LogP) is -0.0906. The summed E-state index contributed by atoms with van der Waals surface area (Å²) < 4.78 is 3.80. The highest BCUT2D eigenvalue weighted by atomic mass is 16.2. The Morgan fingerprint density at radius 3 is 2.36 bits per heavy atom. The van der Waals surface area contributed by atoms with E-state index in [4.69, 9.17) is 0 Å². The van der Waals surface area contributed by atoms with E-state index >= 15 is 0 Å². The molecule has 0 aliphatic heterocycles. The van der Waals surface area contributed by atoms with E-state index in [2.05, 4.69) is 10.3 Å². The molecule has 1 N–H and O–H groups in total. The summed E-state index contributed by atoms with van der Waals surface area (Å²) in [6.07, 6.45) is 1.42. The van der Waals surface area contributed by atoms with Crippen molar-refractivity contribution in [2.75, 3.05) is 0 Å². The molecule has 0 radical (unpaired) electrons. The van der Waals surface area contributed by atoms with Crippen LogP contribution in [0, 0.1) is 0 Å². The summed E-state index contributed by atoms with van der Waals surface area (Å²) in [6, 6.07) is -0.616. The topological polar surface area (TPSA) is 90.9 Å². The van der Waals surface area contributed by atoms with Gasteiger partial charge in [0.2, 0.25) is 5.91 Å². The fourth-order valence-corrected chi connectivity index (χ4v) is 2.26. The molecule has 8 heteroatoms. The van der Waals surface area contributed by atoms with E-state index < -0.39 is 17.3 Å². The van der Waals surface area contributed by atoms with Crippen molar-refractivity contribution in [1.29, 1.82) is 0 Å². The van der Waals surface area contributed by atoms with Crippen molar-refractivity contribution < 1.29 is 4.79 Å². The maximum atomic E-state index is 12.4. The highest BCUT2D eigenvalue weighted by molar-refractivity contribution is 5.83. The van der Waals surface area contributed by atoms with Gasteiger partial charge in [-0.1, -0.05) is 0 Å². The summed E-state index contributed by atoms with van der Waals surface area (Å²) in [5.74, 6) is -0.220. The van der Waals surface area contributed by atoms with Crippen molar-refractivity contribution in [3.05, 3.63) is 27.2 Å². The Hall–Kier alpha value is -2.38. The van der Waals surface area contributed by atoms with Gasteiger partial charge in [0.15, 0.2) is 11.2 Å². The molecular formula is C14H21N5O3. The number of hydrogen-bond donors (Lipinski definition) is 1. The van der Waals surface area contributed by atoms with Gasteiger partial charge in [-0.15, -0.1) is 0 Å². The van der Waals surface area contributed by atoms with Crippen LogP contribution < -0.4 is 16.6 Å². The summed E-state index contributed by atoms with van der Waals surface area (Å²) in [7, 11) is 2.95. The monoisotopic (exact) mass is 307 g/mol. The van der Waals surface area contributed by atoms with Crippen molar-refractivity contribution in [2.24, 2.45) is 14.1 Å². The van der Waals surface area contributed by atoms with Gasteiger partial charge in [-0.2, -0.15) is 0 Å². The predicted molar refractivity (Wildman–Crippen MR) is 82.8 cm³/mol. The molecule has 0 aliphatic rings. The number of imidazole rings is 1. The van der Waals surface area contributed by atoms with Gasteiger partial charge in [-0.3, -0.25) is 18.7 Å². The zero-order chi connectivity index (χ0) is 16.8. The van der Waals surface area contributed by atoms with E-state index in [-0.39, 0.29) is 22.6 Å². The summed E-state index contributed by atoms with van der Waals surface area (Å²) in [5.41, 5.74) is -0.787. The third-order valence-electron chi connectivity index (χ3n) is 3.47. The van der Waals surface area contributed by atoms with Crippen molar-refractivity contribution >= 4 is 17.1 Å². The second-order valence-corrected chi connectivity index (χ2v) is 6.45. The van der Waals surface area contributed by atoms with Crippen LogP contribution in [0.25, 0.3) is 11.2 Å². The Morgan fingerprint density at radius 2 is 1.82 bits per heavy atom. The van der Waals surface area contributed by atoms with Gasteiger partial charge in [-0.05, 0) is 27.7 Å². The molecule has 0 bridgehead atoms. The SMILES string of the molecule is C[C@@H](C(=O)NC(C)(C)C)n1cnc2c1c(=O)n(C)c(=O)n2C. The Balaban J connectivity index is 2.61. The minimum Gasteiger partial charge on any atom is -0.350 e. The summed E-state index contributed by atoms with van der Waals surface area (Å²) in [4.78, 5) is 40.7. The van der Waals surface area contributed by atoms with Gasteiger partial charge in [0.25, 0.3) is 5.56 Å². The number of nitrogens with one attached hydrogen (secondary N) is 1. The van der Waals surface area contributed by atoms with Gasteiger partial charge in [0, 0.05) is 19.6 Å². The minimum atomic E-state index is -0.616. The number of fused-ring (bicyclic) bond motifs is 1. The molecule has 1 amide bonds. The lowest BCUT2D eigenvalue weighted by Gasteiger charge is -2.24. The molecular weight excluding hydrogens is 286 g/mol. The summed E-state index contributed by atoms with van der Waals surface area (Å²) in [6.45, 7) is 7.33. The van der Waals surface area contributed by atoms with Crippen LogP contribution in [0.1, 0.15) is 33.7 Å². The third kappa shape index (κ3) is 2.56. The van der Waals surface area contributed by atoms with E-state index in [1.54, 1.807) is 14.0 Å². The quantitative estimate of drug-likeness (QED) is 0.839. The zero-order valence-electron chi connectivity index (χ0n) is 13.7. The number of rotatable bonds is 2. The second-order valence-electron chi connectivity index (χ2n) is 6.45. The molecule has 2 rings (SSSR count). The van der Waals surface area contributed by atoms with Crippen molar-refractivity contribution in [3.63, 3.8) is 0 Å². The van der Waals surface area contributed by atoms with Gasteiger partial charge in [0.05, 0.1) is 6.33 Å². The van der Waals surface area contributed by atoms with Crippen LogP contribution in [0.15, 0.2) is 15.9 Å². The Labute approximate surface area is 127 Å². The van der Waals surface area contributed by atoms with Crippen molar-refractivity contribution in [3.8, 4) is 0 Å². The van der Waals surface area contributed by atoms with Gasteiger partial charge < -0.3 is 9.88 Å². The maximum Gasteiger partial charge on any atom is 0.332 e. The van der Waals surface area contributed by atoms with Crippen LogP contribution in [0.4, 0.5) is 0 Å². The van der Waals surface area contributed by atoms with Crippen LogP contribution in [-0.4, -0.2) is 30.1 Å². The molecule has 2 aromatic heterocycles. The highest BCUT2D eigenvalue weighted by Gasteiger charge is 2.24. The first-order chi connectivity index (χ1) is 10.0. The van der Waals surface area contributed by atoms with E-state index in [1.165, 1.54) is 22.5 Å². The van der Waals surface area contributed by atoms with Crippen LogP contribution >= 0.6 is 0 Å². The molecule has 0 aromatic carbocycles. The number of carbonyl (C=O) groups is 1. The first kappa shape index (κ1) is 16.0. The van der Waals surface area contributed by atoms with E-state index in [9.17, 15) is 14.4 Å². The average molecular weight is 307 g/mol. The molecule has 0 saturated carbocycles. The smallest absolute Gasteiger partial charge is 0.332 e. The number of aryl methyl sites for hydroxylation is 1. The van der Waals surface area contributed by atoms with Crippen LogP contribution in [0.2, 0.25) is 0 Å². The average Bonchev–Trinajstić information content (AvgIpc) is 2.84. The molecule has 0 unspecified atom stereocenters. The van der Waals surface area contributed by atoms with Gasteiger partial charge in [-0.25, -0.2) is 9.78 Å². The minimum absolute atomic E-state index is 0.220. The molecule has 8 nitrogen and oxygen atoms in total. The Bertz CT molecular complexity index is 850. The lowest BCUT2D eigenvalue weighted by Crippen LogP contribution is -2.44. The van der Waals surface area contributed by atoms with Crippen LogP contribution in [-0.2, 0) is 18.9 Å². The van der Waals surface area contributed by atoms with E-state index in [1.807, 2.05) is 20.8 Å². The number of hydrogen-bond acceptors (Lipinski definition) is 4. The summed E-state index contributed by atoms with van der Waals surface area (Å²) in [5, 5.41) is 2.87. The first-order valence-corrected chi connectivity index (χ1v) is 6.99. The van der Waals surface area contributed by atoms with E-state index in [0.717, 1.165) is 4.57 Å². The fourth-order valence-electron chi connectivity index (χ4n) is 2.26. The lowest BCUT2D eigenvalue weighted by molar-refractivity contribution is -0.125. The standard InChI is InChI=1S/C14H21N5O3/c1-8(11(20)16-14(2,3)4)19-7-15-10-9(19)12(21)18(6)13(22)17(10)5/h7-8H,1-6H3,(H,16,20)/t8-/m0/s1. The molecule has 0 fully saturated rings. The van der Waals surface area contributed by atoms with Crippen molar-refractivity contribution in [1.82, 2.24) is 24.0 Å². The van der Waals surface area contributed by atoms with Gasteiger partial charge in [0.1, 0.15) is 6.04 Å². The van der Waals surface area contributed by atoms with E-state index in [0.29, 0.717) is 0 Å². The molecule has 0 aliphatic carbocycles. The number of carbonyl (C=O) groups excluding carboxylic acids is 1. The number of aromatic nitrogens is 4. The Morgan fingerprint density at radius 1 is 1.23 bits per heavy atom. The highest BCUT2D eigenvalue weighted by Crippen LogP contribution is 2.14. The zero-order valence-corrected chi connectivity index (χ0v) is 13.7. The molecule has 2 aromatic rings. The lowest BCUT2D eigenvalue weighted by atomic mass is 10.1. The first-order valence-electron chi connectivity index (χ1n) is 6.99. The largest absolute Gasteiger partial charge is 0.350 e. The number of nitrogens with zero attached hydrogens (tertiary/aromatic N) is 4. The van der Waals surface area contributed by atoms with Gasteiger partial charge >= 0.3 is 5.69 Å². The number of amides is 1. The second kappa shape index (κ2) is 5.11. The summed E-state index contributed by atoms with van der Waals surface area (Å²) >= 11 is 0. The Kier molecular flexibility index (Phi) is 3.72. The molecule has 0 spiro atoms. The fraction of sp³-hybridized carbons (Fsp3) is 0.571. The normalized spacial score (nSPS) is 13.4.